The van der Waals surface area contributed by atoms with Gasteiger partial charge in [0.05, 0.1) is 0 Å². The number of halogens is 1. The minimum Gasteiger partial charge on any atom is -0.352 e. The van der Waals surface area contributed by atoms with Gasteiger partial charge in [0.15, 0.2) is 0 Å². The Morgan fingerprint density at radius 1 is 1.46 bits per heavy atom. The number of hydrogen-bond donors (Lipinski definition) is 1. The van der Waals surface area contributed by atoms with E-state index in [4.69, 9.17) is 0 Å². The van der Waals surface area contributed by atoms with Crippen molar-refractivity contribution in [1.29, 1.82) is 0 Å². The summed E-state index contributed by atoms with van der Waals surface area (Å²) in [7, 11) is 0. The third-order valence-corrected chi connectivity index (χ3v) is 1.96. The Kier molecular flexibility index (Phi) is 4.46. The fourth-order valence-corrected chi connectivity index (χ4v) is 1.24. The van der Waals surface area contributed by atoms with Crippen molar-refractivity contribution in [3.63, 3.8) is 0 Å². The lowest BCUT2D eigenvalue weighted by Gasteiger charge is -2.02. The number of carbonyl (C=O) groups excluding carboxylic acids is 1. The first kappa shape index (κ1) is 10.2. The van der Waals surface area contributed by atoms with Gasteiger partial charge in [-0.1, -0.05) is 15.9 Å². The van der Waals surface area contributed by atoms with E-state index in [0.29, 0.717) is 18.3 Å². The van der Waals surface area contributed by atoms with Crippen LogP contribution in [0.1, 0.15) is 12.0 Å². The average molecular weight is 243 g/mol. The number of nitrogens with zero attached hydrogens (tertiary/aromatic N) is 1. The molecule has 0 saturated heterocycles. The third-order valence-electron chi connectivity index (χ3n) is 1.56. The van der Waals surface area contributed by atoms with Crippen molar-refractivity contribution in [2.75, 3.05) is 5.33 Å². The van der Waals surface area contributed by atoms with Gasteiger partial charge in [-0.25, -0.2) is 0 Å². The Morgan fingerprint density at radius 3 is 2.77 bits per heavy atom. The van der Waals surface area contributed by atoms with Crippen LogP contribution in [0.25, 0.3) is 0 Å². The normalized spacial score (nSPS) is 9.62. The van der Waals surface area contributed by atoms with Gasteiger partial charge in [0, 0.05) is 30.7 Å². The molecule has 70 valence electrons. The molecule has 1 aromatic rings. The second-order valence-corrected chi connectivity index (χ2v) is 3.36. The van der Waals surface area contributed by atoms with E-state index in [1.54, 1.807) is 12.4 Å². The highest BCUT2D eigenvalue weighted by molar-refractivity contribution is 9.09. The fraction of sp³-hybridized carbons (Fsp3) is 0.333. The van der Waals surface area contributed by atoms with Crippen molar-refractivity contribution in [2.24, 2.45) is 0 Å². The topological polar surface area (TPSA) is 42.0 Å². The predicted octanol–water partition coefficient (Wildman–Crippen LogP) is 1.48. The molecule has 0 fully saturated rings. The highest BCUT2D eigenvalue weighted by Crippen LogP contribution is 1.95. The molecule has 3 nitrogen and oxygen atoms in total. The Bertz CT molecular complexity index is 264. The summed E-state index contributed by atoms with van der Waals surface area (Å²) >= 11 is 3.21. The number of carbonyl (C=O) groups is 1. The van der Waals surface area contributed by atoms with Crippen LogP contribution in [0, 0.1) is 0 Å². The van der Waals surface area contributed by atoms with E-state index >= 15 is 0 Å². The molecule has 0 spiro atoms. The fourth-order valence-electron chi connectivity index (χ4n) is 0.875. The van der Waals surface area contributed by atoms with Gasteiger partial charge in [-0.15, -0.1) is 0 Å². The molecular weight excluding hydrogens is 232 g/mol. The van der Waals surface area contributed by atoms with Gasteiger partial charge < -0.3 is 5.32 Å². The van der Waals surface area contributed by atoms with Gasteiger partial charge in [0.2, 0.25) is 5.91 Å². The van der Waals surface area contributed by atoms with Crippen molar-refractivity contribution >= 4 is 21.8 Å². The number of pyridine rings is 1. The highest BCUT2D eigenvalue weighted by atomic mass is 79.9. The molecule has 0 aromatic carbocycles. The summed E-state index contributed by atoms with van der Waals surface area (Å²) in [6, 6.07) is 3.77. The monoisotopic (exact) mass is 242 g/mol. The van der Waals surface area contributed by atoms with E-state index in [9.17, 15) is 4.79 Å². The summed E-state index contributed by atoms with van der Waals surface area (Å²) in [6.45, 7) is 0.578. The van der Waals surface area contributed by atoms with Crippen LogP contribution in [0.15, 0.2) is 24.5 Å². The minimum atomic E-state index is 0.0636. The third kappa shape index (κ3) is 4.03. The van der Waals surface area contributed by atoms with Crippen molar-refractivity contribution in [3.8, 4) is 0 Å². The predicted molar refractivity (Wildman–Crippen MR) is 54.5 cm³/mol. The smallest absolute Gasteiger partial charge is 0.221 e. The Labute approximate surface area is 85.7 Å². The van der Waals surface area contributed by atoms with E-state index in [-0.39, 0.29) is 5.91 Å². The second-order valence-electron chi connectivity index (χ2n) is 2.57. The van der Waals surface area contributed by atoms with Gasteiger partial charge >= 0.3 is 0 Å². The van der Waals surface area contributed by atoms with E-state index in [2.05, 4.69) is 26.2 Å². The van der Waals surface area contributed by atoms with E-state index < -0.39 is 0 Å². The Morgan fingerprint density at radius 2 is 2.15 bits per heavy atom. The van der Waals surface area contributed by atoms with Gasteiger partial charge in [-0.05, 0) is 17.7 Å². The molecule has 0 radical (unpaired) electrons. The second kappa shape index (κ2) is 5.70. The molecule has 4 heteroatoms. The number of rotatable bonds is 4. The van der Waals surface area contributed by atoms with Crippen LogP contribution >= 0.6 is 15.9 Å². The molecule has 1 rings (SSSR count). The summed E-state index contributed by atoms with van der Waals surface area (Å²) < 4.78 is 0. The van der Waals surface area contributed by atoms with Crippen LogP contribution in [0.2, 0.25) is 0 Å². The minimum absolute atomic E-state index is 0.0636. The molecule has 0 aliphatic rings. The molecule has 0 unspecified atom stereocenters. The van der Waals surface area contributed by atoms with Gasteiger partial charge in [0.25, 0.3) is 0 Å². The van der Waals surface area contributed by atoms with Crippen LogP contribution in [-0.4, -0.2) is 16.2 Å². The van der Waals surface area contributed by atoms with Crippen molar-refractivity contribution in [3.05, 3.63) is 30.1 Å². The molecule has 0 bridgehead atoms. The lowest BCUT2D eigenvalue weighted by Crippen LogP contribution is -2.22. The zero-order valence-corrected chi connectivity index (χ0v) is 8.75. The quantitative estimate of drug-likeness (QED) is 0.814. The maximum absolute atomic E-state index is 11.1. The van der Waals surface area contributed by atoms with Crippen LogP contribution < -0.4 is 5.32 Å². The summed E-state index contributed by atoms with van der Waals surface area (Å²) in [4.78, 5) is 14.9. The first-order valence-corrected chi connectivity index (χ1v) is 5.16. The lowest BCUT2D eigenvalue weighted by atomic mass is 10.2. The van der Waals surface area contributed by atoms with Gasteiger partial charge in [0.1, 0.15) is 0 Å². The van der Waals surface area contributed by atoms with Crippen LogP contribution in [0.3, 0.4) is 0 Å². The Balaban J connectivity index is 2.31. The summed E-state index contributed by atoms with van der Waals surface area (Å²) in [5.41, 5.74) is 1.07. The van der Waals surface area contributed by atoms with Crippen molar-refractivity contribution in [2.45, 2.75) is 13.0 Å². The molecule has 0 aliphatic carbocycles. The van der Waals surface area contributed by atoms with Crippen LogP contribution in [-0.2, 0) is 11.3 Å². The van der Waals surface area contributed by atoms with E-state index in [1.165, 1.54) is 0 Å². The number of alkyl halides is 1. The average Bonchev–Trinajstić information content (AvgIpc) is 2.17. The molecular formula is C9H11BrN2O. The number of nitrogens with one attached hydrogen (secondary N) is 1. The first-order valence-electron chi connectivity index (χ1n) is 4.04. The first-order chi connectivity index (χ1) is 6.33. The maximum Gasteiger partial charge on any atom is 0.221 e. The van der Waals surface area contributed by atoms with Gasteiger partial charge in [-0.3, -0.25) is 9.78 Å². The van der Waals surface area contributed by atoms with Crippen molar-refractivity contribution < 1.29 is 4.79 Å². The molecule has 1 aromatic heterocycles. The molecule has 0 saturated carbocycles. The zero-order chi connectivity index (χ0) is 9.52. The number of amides is 1. The number of aromatic nitrogens is 1. The van der Waals surface area contributed by atoms with Crippen molar-refractivity contribution in [1.82, 2.24) is 10.3 Å². The Hall–Kier alpha value is -0.900. The summed E-state index contributed by atoms with van der Waals surface area (Å²) in [6.07, 6.45) is 3.95. The molecule has 0 atom stereocenters. The van der Waals surface area contributed by atoms with Crippen LogP contribution in [0.4, 0.5) is 0 Å². The standard InChI is InChI=1S/C9H11BrN2O/c10-4-1-9(13)12-7-8-2-5-11-6-3-8/h2-3,5-6H,1,4,7H2,(H,12,13). The zero-order valence-electron chi connectivity index (χ0n) is 7.16. The molecule has 1 amide bonds. The lowest BCUT2D eigenvalue weighted by molar-refractivity contribution is -0.120. The molecule has 1 heterocycles. The SMILES string of the molecule is O=C(CCBr)NCc1ccncc1. The van der Waals surface area contributed by atoms with E-state index in [0.717, 1.165) is 5.56 Å². The maximum atomic E-state index is 11.1. The molecule has 0 aliphatic heterocycles. The molecule has 1 N–H and O–H groups in total. The summed E-state index contributed by atoms with van der Waals surface area (Å²) in [5, 5.41) is 3.51. The number of hydrogen-bond acceptors (Lipinski definition) is 2. The van der Waals surface area contributed by atoms with Crippen LogP contribution in [0.5, 0.6) is 0 Å². The van der Waals surface area contributed by atoms with Gasteiger partial charge in [-0.2, -0.15) is 0 Å². The summed E-state index contributed by atoms with van der Waals surface area (Å²) in [5.74, 6) is 0.0636. The molecule has 13 heavy (non-hydrogen) atoms. The van der Waals surface area contributed by atoms with E-state index in [1.807, 2.05) is 12.1 Å². The largest absolute Gasteiger partial charge is 0.352 e. The highest BCUT2D eigenvalue weighted by Gasteiger charge is 1.98.